The summed E-state index contributed by atoms with van der Waals surface area (Å²) >= 11 is 0. The van der Waals surface area contributed by atoms with E-state index in [9.17, 15) is 0 Å². The lowest BCUT2D eigenvalue weighted by Gasteiger charge is -2.15. The molecule has 74 valence electrons. The van der Waals surface area contributed by atoms with Crippen LogP contribution in [0.1, 0.15) is 13.3 Å². The average molecular weight is 182 g/mol. The quantitative estimate of drug-likeness (QED) is 0.551. The molecule has 2 atom stereocenters. The van der Waals surface area contributed by atoms with Crippen molar-refractivity contribution in [2.45, 2.75) is 19.6 Å². The van der Waals surface area contributed by atoms with Crippen LogP contribution in [0.2, 0.25) is 0 Å². The molecule has 0 heterocycles. The number of nitrogens with one attached hydrogen (secondary N) is 1. The first-order valence-electron chi connectivity index (χ1n) is 4.71. The van der Waals surface area contributed by atoms with Gasteiger partial charge in [0.25, 0.3) is 0 Å². The number of aliphatic hydroxyl groups is 1. The predicted octanol–water partition coefficient (Wildman–Crippen LogP) is 0.375. The van der Waals surface area contributed by atoms with Gasteiger partial charge in [0.1, 0.15) is 6.23 Å². The van der Waals surface area contributed by atoms with Crippen molar-refractivity contribution in [3.8, 4) is 0 Å². The second kappa shape index (κ2) is 5.17. The van der Waals surface area contributed by atoms with Gasteiger partial charge in [0.2, 0.25) is 0 Å². The Kier molecular flexibility index (Phi) is 4.15. The van der Waals surface area contributed by atoms with Crippen LogP contribution in [0.5, 0.6) is 0 Å². The van der Waals surface area contributed by atoms with Crippen LogP contribution in [0.4, 0.5) is 0 Å². The highest BCUT2D eigenvalue weighted by molar-refractivity contribution is 5.25. The van der Waals surface area contributed by atoms with Gasteiger partial charge in [0.15, 0.2) is 0 Å². The van der Waals surface area contributed by atoms with E-state index >= 15 is 0 Å². The monoisotopic (exact) mass is 182 g/mol. The molecule has 0 radical (unpaired) electrons. The van der Waals surface area contributed by atoms with Gasteiger partial charge >= 0.3 is 0 Å². The van der Waals surface area contributed by atoms with E-state index in [1.807, 2.05) is 0 Å². The number of rotatable bonds is 4. The first kappa shape index (κ1) is 10.4. The summed E-state index contributed by atoms with van der Waals surface area (Å²) in [6, 6.07) is 0. The summed E-state index contributed by atoms with van der Waals surface area (Å²) < 4.78 is 0. The van der Waals surface area contributed by atoms with Gasteiger partial charge in [0, 0.05) is 6.54 Å². The van der Waals surface area contributed by atoms with Crippen molar-refractivity contribution in [2.75, 3.05) is 13.1 Å². The van der Waals surface area contributed by atoms with E-state index in [2.05, 4.69) is 23.5 Å². The second-order valence-corrected chi connectivity index (χ2v) is 3.43. The first-order valence-corrected chi connectivity index (χ1v) is 4.71. The van der Waals surface area contributed by atoms with Gasteiger partial charge in [-0.25, -0.2) is 0 Å². The smallest absolute Gasteiger partial charge is 0.102 e. The third-order valence-electron chi connectivity index (χ3n) is 2.17. The van der Waals surface area contributed by atoms with Crippen LogP contribution in [0.25, 0.3) is 0 Å². The van der Waals surface area contributed by atoms with Gasteiger partial charge in [-0.15, -0.1) is 0 Å². The molecule has 13 heavy (non-hydrogen) atoms. The van der Waals surface area contributed by atoms with Crippen LogP contribution in [-0.2, 0) is 0 Å². The minimum atomic E-state index is -0.443. The van der Waals surface area contributed by atoms with E-state index in [1.165, 1.54) is 5.57 Å². The molecule has 0 aliphatic heterocycles. The van der Waals surface area contributed by atoms with Gasteiger partial charge in [-0.1, -0.05) is 18.2 Å². The maximum atomic E-state index is 9.00. The summed E-state index contributed by atoms with van der Waals surface area (Å²) in [6.45, 7) is 3.16. The molecule has 1 rings (SSSR count). The lowest BCUT2D eigenvalue weighted by Crippen LogP contribution is -2.27. The van der Waals surface area contributed by atoms with Crippen molar-refractivity contribution in [3.63, 3.8) is 0 Å². The molecule has 0 aromatic rings. The van der Waals surface area contributed by atoms with Crippen LogP contribution >= 0.6 is 0 Å². The van der Waals surface area contributed by atoms with Crippen molar-refractivity contribution in [3.05, 3.63) is 23.8 Å². The Balaban J connectivity index is 2.30. The van der Waals surface area contributed by atoms with E-state index in [0.717, 1.165) is 13.0 Å². The lowest BCUT2D eigenvalue weighted by molar-refractivity contribution is 0.161. The van der Waals surface area contributed by atoms with E-state index in [-0.39, 0.29) is 0 Å². The molecule has 1 aliphatic rings. The van der Waals surface area contributed by atoms with Gasteiger partial charge in [0.05, 0.1) is 0 Å². The Hall–Kier alpha value is -0.640. The molecule has 3 nitrogen and oxygen atoms in total. The molecule has 0 aromatic carbocycles. The molecule has 0 amide bonds. The van der Waals surface area contributed by atoms with Crippen LogP contribution in [0.3, 0.4) is 0 Å². The highest BCUT2D eigenvalue weighted by Gasteiger charge is 2.06. The number of allylic oxidation sites excluding steroid dienone is 1. The fourth-order valence-electron chi connectivity index (χ4n) is 1.28. The summed E-state index contributed by atoms with van der Waals surface area (Å²) in [7, 11) is 0. The first-order chi connectivity index (χ1) is 6.22. The van der Waals surface area contributed by atoms with E-state index in [1.54, 1.807) is 6.92 Å². The maximum absolute atomic E-state index is 9.00. The van der Waals surface area contributed by atoms with E-state index < -0.39 is 6.23 Å². The molecule has 0 aromatic heterocycles. The van der Waals surface area contributed by atoms with Crippen molar-refractivity contribution in [1.29, 1.82) is 0 Å². The summed E-state index contributed by atoms with van der Waals surface area (Å²) in [5.74, 6) is 0.496. The third-order valence-corrected chi connectivity index (χ3v) is 2.17. The molecule has 0 bridgehead atoms. The molecular formula is C10H18N2O. The third kappa shape index (κ3) is 3.72. The highest BCUT2D eigenvalue weighted by Crippen LogP contribution is 2.14. The van der Waals surface area contributed by atoms with Crippen LogP contribution in [0.15, 0.2) is 23.8 Å². The molecule has 2 unspecified atom stereocenters. The Bertz CT molecular complexity index is 209. The molecule has 3 heteroatoms. The molecule has 1 aliphatic carbocycles. The largest absolute Gasteiger partial charge is 0.379 e. The minimum absolute atomic E-state index is 0.443. The summed E-state index contributed by atoms with van der Waals surface area (Å²) in [6.07, 6.45) is 6.97. The highest BCUT2D eigenvalue weighted by atomic mass is 16.3. The Morgan fingerprint density at radius 1 is 1.77 bits per heavy atom. The van der Waals surface area contributed by atoms with E-state index in [0.29, 0.717) is 12.5 Å². The summed E-state index contributed by atoms with van der Waals surface area (Å²) in [5, 5.41) is 12.0. The van der Waals surface area contributed by atoms with Gasteiger partial charge in [-0.3, -0.25) is 5.32 Å². The van der Waals surface area contributed by atoms with E-state index in [4.69, 9.17) is 10.8 Å². The van der Waals surface area contributed by atoms with Crippen LogP contribution in [0, 0.1) is 5.92 Å². The fraction of sp³-hybridized carbons (Fsp3) is 0.600. The summed E-state index contributed by atoms with van der Waals surface area (Å²) in [4.78, 5) is 0. The van der Waals surface area contributed by atoms with Crippen molar-refractivity contribution in [2.24, 2.45) is 11.7 Å². The van der Waals surface area contributed by atoms with Crippen molar-refractivity contribution < 1.29 is 5.11 Å². The Morgan fingerprint density at radius 2 is 2.54 bits per heavy atom. The van der Waals surface area contributed by atoms with Crippen LogP contribution < -0.4 is 11.1 Å². The molecule has 0 saturated carbocycles. The zero-order valence-electron chi connectivity index (χ0n) is 8.03. The number of hydrogen-bond acceptors (Lipinski definition) is 3. The molecule has 0 spiro atoms. The van der Waals surface area contributed by atoms with Crippen molar-refractivity contribution in [1.82, 2.24) is 5.32 Å². The fourth-order valence-corrected chi connectivity index (χ4v) is 1.28. The topological polar surface area (TPSA) is 58.3 Å². The molecule has 0 saturated heterocycles. The maximum Gasteiger partial charge on any atom is 0.102 e. The Morgan fingerprint density at radius 3 is 3.00 bits per heavy atom. The molecule has 4 N–H and O–H groups in total. The minimum Gasteiger partial charge on any atom is -0.379 e. The summed E-state index contributed by atoms with van der Waals surface area (Å²) in [5.41, 5.74) is 6.76. The average Bonchev–Trinajstić information content (AvgIpc) is 2.15. The lowest BCUT2D eigenvalue weighted by atomic mass is 9.97. The number of aliphatic hydroxyl groups excluding tert-OH is 1. The predicted molar refractivity (Wildman–Crippen MR) is 54.1 cm³/mol. The van der Waals surface area contributed by atoms with Crippen molar-refractivity contribution >= 4 is 0 Å². The second-order valence-electron chi connectivity index (χ2n) is 3.43. The zero-order valence-corrected chi connectivity index (χ0v) is 8.03. The van der Waals surface area contributed by atoms with Gasteiger partial charge < -0.3 is 10.8 Å². The van der Waals surface area contributed by atoms with Crippen LogP contribution in [-0.4, -0.2) is 24.4 Å². The molecule has 0 fully saturated rings. The van der Waals surface area contributed by atoms with Gasteiger partial charge in [-0.2, -0.15) is 0 Å². The Labute approximate surface area is 79.3 Å². The van der Waals surface area contributed by atoms with Gasteiger partial charge in [-0.05, 0) is 31.4 Å². The number of nitrogens with two attached hydrogens (primary N) is 1. The zero-order chi connectivity index (χ0) is 9.68. The number of hydrogen-bond donors (Lipinski definition) is 3. The SMILES string of the molecule is CC(O)NCC1=CCC(CN)C=C1. The molecular weight excluding hydrogens is 164 g/mol. The standard InChI is InChI=1S/C10H18N2O/c1-8(13)12-7-10-4-2-9(6-11)3-5-10/h2,4-5,8-9,12-13H,3,6-7,11H2,1H3. The normalized spacial score (nSPS) is 24.2.